The van der Waals surface area contributed by atoms with E-state index >= 15 is 0 Å². The third-order valence-corrected chi connectivity index (χ3v) is 3.52. The zero-order valence-corrected chi connectivity index (χ0v) is 11.0. The Morgan fingerprint density at radius 2 is 1.78 bits per heavy atom. The average Bonchev–Trinajstić information content (AvgIpc) is 2.27. The third-order valence-electron chi connectivity index (χ3n) is 2.45. The lowest BCUT2D eigenvalue weighted by Gasteiger charge is -2.13. The van der Waals surface area contributed by atoms with Gasteiger partial charge in [0.2, 0.25) is 0 Å². The van der Waals surface area contributed by atoms with Gasteiger partial charge in [-0.25, -0.2) is 0 Å². The molecule has 0 aliphatic carbocycles. The number of thioether (sulfide) groups is 1. The molecule has 1 unspecified atom stereocenters. The number of hydrogen-bond donors (Lipinski definition) is 0. The minimum atomic E-state index is -4.16. The number of benzene rings is 1. The summed E-state index contributed by atoms with van der Waals surface area (Å²) in [4.78, 5) is 0.566. The molecule has 98 valence electrons. The second-order valence-electron chi connectivity index (χ2n) is 4.32. The van der Waals surface area contributed by atoms with Crippen molar-refractivity contribution in [1.82, 2.24) is 0 Å². The fraction of sp³-hybridized carbons (Fsp3) is 0.462. The molecule has 5 heteroatoms. The fourth-order valence-corrected chi connectivity index (χ4v) is 2.20. The summed E-state index contributed by atoms with van der Waals surface area (Å²) in [5.41, 5.74) is 0.851. The Kier molecular flexibility index (Phi) is 5.09. The molecule has 0 fully saturated rings. The summed E-state index contributed by atoms with van der Waals surface area (Å²) in [6, 6.07) is 8.94. The van der Waals surface area contributed by atoms with Crippen molar-refractivity contribution < 1.29 is 13.2 Å². The van der Waals surface area contributed by atoms with Gasteiger partial charge >= 0.3 is 6.18 Å². The van der Waals surface area contributed by atoms with E-state index in [0.717, 1.165) is 17.3 Å². The number of halogens is 3. The van der Waals surface area contributed by atoms with Crippen molar-refractivity contribution in [3.63, 3.8) is 0 Å². The molecule has 0 aliphatic rings. The van der Waals surface area contributed by atoms with Crippen molar-refractivity contribution in [2.75, 3.05) is 5.75 Å². The maximum absolute atomic E-state index is 12.0. The van der Waals surface area contributed by atoms with Crippen molar-refractivity contribution >= 4 is 11.8 Å². The molecule has 0 bridgehead atoms. The maximum Gasteiger partial charge on any atom is 0.398 e. The number of rotatable bonds is 4. The van der Waals surface area contributed by atoms with Crippen molar-refractivity contribution in [3.8, 4) is 6.07 Å². The second-order valence-corrected chi connectivity index (χ2v) is 5.37. The Bertz CT molecular complexity index is 417. The first-order chi connectivity index (χ1) is 8.33. The van der Waals surface area contributed by atoms with Crippen LogP contribution in [0.2, 0.25) is 0 Å². The van der Waals surface area contributed by atoms with E-state index in [-0.39, 0.29) is 11.8 Å². The molecule has 1 rings (SSSR count). The first-order valence-electron chi connectivity index (χ1n) is 5.52. The van der Waals surface area contributed by atoms with Crippen LogP contribution in [0.15, 0.2) is 29.2 Å². The van der Waals surface area contributed by atoms with E-state index in [4.69, 9.17) is 5.26 Å². The van der Waals surface area contributed by atoms with Gasteiger partial charge in [0.1, 0.15) is 0 Å². The van der Waals surface area contributed by atoms with Gasteiger partial charge in [-0.2, -0.15) is 18.4 Å². The van der Waals surface area contributed by atoms with Crippen molar-refractivity contribution in [3.05, 3.63) is 29.8 Å². The highest BCUT2D eigenvalue weighted by Crippen LogP contribution is 2.29. The topological polar surface area (TPSA) is 23.8 Å². The monoisotopic (exact) mass is 273 g/mol. The van der Waals surface area contributed by atoms with Crippen LogP contribution in [0.1, 0.15) is 25.3 Å². The predicted octanol–water partition coefficient (Wildman–Crippen LogP) is 4.60. The summed E-state index contributed by atoms with van der Waals surface area (Å²) >= 11 is 0.756. The second kappa shape index (κ2) is 6.14. The quantitative estimate of drug-likeness (QED) is 0.748. The summed E-state index contributed by atoms with van der Waals surface area (Å²) in [5.74, 6) is -0.923. The molecule has 0 spiro atoms. The smallest absolute Gasteiger partial charge is 0.198 e. The standard InChI is InChI=1S/C13H14F3NS/c1-9(2)12(7-17)10-3-5-11(6-4-10)18-8-13(14,15)16/h3-6,9,12H,8H2,1-2H3. The van der Waals surface area contributed by atoms with E-state index in [1.54, 1.807) is 24.3 Å². The van der Waals surface area contributed by atoms with Gasteiger partial charge in [-0.1, -0.05) is 26.0 Å². The van der Waals surface area contributed by atoms with Gasteiger partial charge in [0.25, 0.3) is 0 Å². The van der Waals surface area contributed by atoms with Gasteiger partial charge < -0.3 is 0 Å². The van der Waals surface area contributed by atoms with Crippen LogP contribution in [0, 0.1) is 17.2 Å². The lowest BCUT2D eigenvalue weighted by atomic mass is 9.90. The highest BCUT2D eigenvalue weighted by Gasteiger charge is 2.27. The zero-order valence-electron chi connectivity index (χ0n) is 10.2. The van der Waals surface area contributed by atoms with E-state index in [9.17, 15) is 13.2 Å². The molecular weight excluding hydrogens is 259 g/mol. The molecule has 1 aromatic rings. The summed E-state index contributed by atoms with van der Waals surface area (Å²) in [6.45, 7) is 3.89. The highest BCUT2D eigenvalue weighted by atomic mass is 32.2. The van der Waals surface area contributed by atoms with Crippen LogP contribution < -0.4 is 0 Å². The van der Waals surface area contributed by atoms with Crippen molar-refractivity contribution in [2.45, 2.75) is 30.8 Å². The summed E-state index contributed by atoms with van der Waals surface area (Å²) in [5, 5.41) is 9.03. The van der Waals surface area contributed by atoms with E-state index in [0.29, 0.717) is 4.90 Å². The third kappa shape index (κ3) is 4.61. The van der Waals surface area contributed by atoms with Gasteiger partial charge in [0.05, 0.1) is 17.7 Å². The molecule has 1 nitrogen and oxygen atoms in total. The zero-order chi connectivity index (χ0) is 13.8. The predicted molar refractivity (Wildman–Crippen MR) is 66.4 cm³/mol. The Labute approximate surface area is 109 Å². The van der Waals surface area contributed by atoms with E-state index in [1.807, 2.05) is 13.8 Å². The summed E-state index contributed by atoms with van der Waals surface area (Å²) < 4.78 is 36.1. The average molecular weight is 273 g/mol. The normalized spacial score (nSPS) is 13.4. The molecule has 0 amide bonds. The molecule has 0 radical (unpaired) electrons. The molecule has 0 saturated carbocycles. The molecule has 0 aromatic heterocycles. The molecule has 1 aromatic carbocycles. The summed E-state index contributed by atoms with van der Waals surface area (Å²) in [7, 11) is 0. The molecule has 0 saturated heterocycles. The molecule has 0 aliphatic heterocycles. The first kappa shape index (κ1) is 14.9. The minimum Gasteiger partial charge on any atom is -0.198 e. The Morgan fingerprint density at radius 1 is 1.22 bits per heavy atom. The number of hydrogen-bond acceptors (Lipinski definition) is 2. The van der Waals surface area contributed by atoms with Crippen LogP contribution in [0.3, 0.4) is 0 Å². The molecular formula is C13H14F3NS. The highest BCUT2D eigenvalue weighted by molar-refractivity contribution is 7.99. The number of nitrogens with zero attached hydrogens (tertiary/aromatic N) is 1. The van der Waals surface area contributed by atoms with Crippen LogP contribution in [0.5, 0.6) is 0 Å². The Hall–Kier alpha value is -1.15. The van der Waals surface area contributed by atoms with Crippen LogP contribution >= 0.6 is 11.8 Å². The van der Waals surface area contributed by atoms with E-state index in [2.05, 4.69) is 6.07 Å². The van der Waals surface area contributed by atoms with Crippen molar-refractivity contribution in [1.29, 1.82) is 5.26 Å². The Morgan fingerprint density at radius 3 is 2.17 bits per heavy atom. The SMILES string of the molecule is CC(C)C(C#N)c1ccc(SCC(F)(F)F)cc1. The molecule has 0 heterocycles. The maximum atomic E-state index is 12.0. The Balaban J connectivity index is 2.71. The number of alkyl halides is 3. The molecule has 1 atom stereocenters. The van der Waals surface area contributed by atoms with Gasteiger partial charge in [-0.15, -0.1) is 11.8 Å². The van der Waals surface area contributed by atoms with Crippen LogP contribution in [0.4, 0.5) is 13.2 Å². The van der Waals surface area contributed by atoms with Crippen LogP contribution in [-0.2, 0) is 0 Å². The van der Waals surface area contributed by atoms with E-state index < -0.39 is 11.9 Å². The fourth-order valence-electron chi connectivity index (χ4n) is 1.55. The van der Waals surface area contributed by atoms with Crippen molar-refractivity contribution in [2.24, 2.45) is 5.92 Å². The van der Waals surface area contributed by atoms with Crippen LogP contribution in [-0.4, -0.2) is 11.9 Å². The van der Waals surface area contributed by atoms with Crippen LogP contribution in [0.25, 0.3) is 0 Å². The minimum absolute atomic E-state index is 0.184. The molecule has 0 N–H and O–H groups in total. The lowest BCUT2D eigenvalue weighted by molar-refractivity contribution is -0.105. The number of nitriles is 1. The molecule has 18 heavy (non-hydrogen) atoms. The van der Waals surface area contributed by atoms with Gasteiger partial charge in [-0.05, 0) is 23.6 Å². The first-order valence-corrected chi connectivity index (χ1v) is 6.51. The van der Waals surface area contributed by atoms with Gasteiger partial charge in [0.15, 0.2) is 0 Å². The lowest BCUT2D eigenvalue weighted by Crippen LogP contribution is -2.10. The van der Waals surface area contributed by atoms with E-state index in [1.165, 1.54) is 0 Å². The van der Waals surface area contributed by atoms with Gasteiger partial charge in [-0.3, -0.25) is 0 Å². The van der Waals surface area contributed by atoms with Gasteiger partial charge in [0, 0.05) is 4.90 Å². The summed E-state index contributed by atoms with van der Waals surface area (Å²) in [6.07, 6.45) is -4.16. The largest absolute Gasteiger partial charge is 0.398 e.